The molecule has 0 heterocycles. The Hall–Kier alpha value is -3.33. The molecule has 0 fully saturated rings. The minimum Gasteiger partial charge on any atom is -0.493 e. The molecule has 0 saturated heterocycles. The molecule has 1 unspecified atom stereocenters. The molecule has 0 N–H and O–H groups in total. The quantitative estimate of drug-likeness (QED) is 0.456. The van der Waals surface area contributed by atoms with Crippen molar-refractivity contribution in [2.75, 3.05) is 7.11 Å². The summed E-state index contributed by atoms with van der Waals surface area (Å²) in [6, 6.07) is 13.0. The van der Waals surface area contributed by atoms with Gasteiger partial charge in [-0.3, -0.25) is 4.79 Å². The minimum absolute atomic E-state index is 0.117. The van der Waals surface area contributed by atoms with Crippen molar-refractivity contribution in [2.24, 2.45) is 0 Å². The zero-order valence-corrected chi connectivity index (χ0v) is 14.1. The Morgan fingerprint density at radius 3 is 2.32 bits per heavy atom. The zero-order chi connectivity index (χ0) is 18.4. The maximum Gasteiger partial charge on any atom is 0.352 e. The molecule has 0 bridgehead atoms. The van der Waals surface area contributed by atoms with Crippen LogP contribution in [0.5, 0.6) is 17.2 Å². The van der Waals surface area contributed by atoms with Crippen molar-refractivity contribution in [1.29, 1.82) is 5.26 Å². The van der Waals surface area contributed by atoms with Gasteiger partial charge in [0.25, 0.3) is 0 Å². The lowest BCUT2D eigenvalue weighted by molar-refractivity contribution is -0.141. The van der Waals surface area contributed by atoms with Gasteiger partial charge in [-0.15, -0.1) is 0 Å². The fraction of sp³-hybridized carbons (Fsp3) is 0.211. The van der Waals surface area contributed by atoms with Crippen LogP contribution < -0.4 is 14.2 Å². The third kappa shape index (κ3) is 4.58. The van der Waals surface area contributed by atoms with Gasteiger partial charge in [0.2, 0.25) is 0 Å². The van der Waals surface area contributed by atoms with Crippen LogP contribution in [0.15, 0.2) is 42.5 Å². The molecule has 128 valence electrons. The van der Waals surface area contributed by atoms with E-state index in [9.17, 15) is 9.59 Å². The summed E-state index contributed by atoms with van der Waals surface area (Å²) in [6.07, 6.45) is -0.870. The van der Waals surface area contributed by atoms with E-state index in [1.807, 2.05) is 6.07 Å². The standard InChI is InChI=1S/C19H17NO5/c1-12(21)15-6-9-17(18(10-15)23-3)25-19(22)13(2)24-16-7-4-14(11-20)5-8-16/h4-10,13H,1-3H3. The normalized spacial score (nSPS) is 11.1. The predicted molar refractivity (Wildman–Crippen MR) is 89.9 cm³/mol. The highest BCUT2D eigenvalue weighted by atomic mass is 16.6. The van der Waals surface area contributed by atoms with Crippen molar-refractivity contribution >= 4 is 11.8 Å². The molecule has 0 aliphatic heterocycles. The van der Waals surface area contributed by atoms with Gasteiger partial charge in [0.15, 0.2) is 23.4 Å². The van der Waals surface area contributed by atoms with E-state index in [1.54, 1.807) is 37.3 Å². The molecule has 0 saturated carbocycles. The summed E-state index contributed by atoms with van der Waals surface area (Å²) in [7, 11) is 1.42. The summed E-state index contributed by atoms with van der Waals surface area (Å²) < 4.78 is 16.0. The number of ether oxygens (including phenoxy) is 3. The van der Waals surface area contributed by atoms with Crippen molar-refractivity contribution in [3.05, 3.63) is 53.6 Å². The number of rotatable bonds is 6. The summed E-state index contributed by atoms with van der Waals surface area (Å²) in [5.41, 5.74) is 0.955. The molecule has 1 atom stereocenters. The van der Waals surface area contributed by atoms with Crippen LogP contribution >= 0.6 is 0 Å². The molecule has 0 amide bonds. The van der Waals surface area contributed by atoms with Gasteiger partial charge in [-0.25, -0.2) is 4.79 Å². The molecule has 0 spiro atoms. The van der Waals surface area contributed by atoms with Crippen LogP contribution in [0.2, 0.25) is 0 Å². The van der Waals surface area contributed by atoms with E-state index in [2.05, 4.69) is 0 Å². The highest BCUT2D eigenvalue weighted by Gasteiger charge is 2.20. The second-order valence-corrected chi connectivity index (χ2v) is 5.24. The van der Waals surface area contributed by atoms with Gasteiger partial charge < -0.3 is 14.2 Å². The maximum absolute atomic E-state index is 12.2. The first-order valence-electron chi connectivity index (χ1n) is 7.52. The number of nitrogens with zero attached hydrogens (tertiary/aromatic N) is 1. The predicted octanol–water partition coefficient (Wildman–Crippen LogP) is 3.14. The van der Waals surface area contributed by atoms with E-state index in [0.29, 0.717) is 16.9 Å². The summed E-state index contributed by atoms with van der Waals surface area (Å²) in [6.45, 7) is 2.99. The van der Waals surface area contributed by atoms with Gasteiger partial charge in [-0.1, -0.05) is 0 Å². The molecule has 2 aromatic rings. The number of Topliss-reactive ketones (excluding diaryl/α,β-unsaturated/α-hetero) is 1. The SMILES string of the molecule is COc1cc(C(C)=O)ccc1OC(=O)C(C)Oc1ccc(C#N)cc1. The van der Waals surface area contributed by atoms with Gasteiger partial charge in [0, 0.05) is 5.56 Å². The van der Waals surface area contributed by atoms with Gasteiger partial charge in [-0.05, 0) is 56.3 Å². The lowest BCUT2D eigenvalue weighted by atomic mass is 10.1. The second kappa shape index (κ2) is 7.97. The summed E-state index contributed by atoms with van der Waals surface area (Å²) >= 11 is 0. The zero-order valence-electron chi connectivity index (χ0n) is 14.1. The average molecular weight is 339 g/mol. The fourth-order valence-electron chi connectivity index (χ4n) is 2.02. The Balaban J connectivity index is 2.07. The number of ketones is 1. The summed E-state index contributed by atoms with van der Waals surface area (Å²) in [4.78, 5) is 23.6. The van der Waals surface area contributed by atoms with E-state index < -0.39 is 12.1 Å². The summed E-state index contributed by atoms with van der Waals surface area (Å²) in [5.74, 6) is 0.202. The molecule has 0 aliphatic carbocycles. The van der Waals surface area contributed by atoms with Gasteiger partial charge in [0.05, 0.1) is 18.7 Å². The molecule has 0 aliphatic rings. The Morgan fingerprint density at radius 2 is 1.76 bits per heavy atom. The number of nitriles is 1. The monoisotopic (exact) mass is 339 g/mol. The van der Waals surface area contributed by atoms with Crippen LogP contribution in [-0.4, -0.2) is 25.0 Å². The number of methoxy groups -OCH3 is 1. The lowest BCUT2D eigenvalue weighted by Crippen LogP contribution is -2.28. The van der Waals surface area contributed by atoms with Crippen LogP contribution in [0.1, 0.15) is 29.8 Å². The number of hydrogen-bond acceptors (Lipinski definition) is 6. The van der Waals surface area contributed by atoms with E-state index >= 15 is 0 Å². The van der Waals surface area contributed by atoms with E-state index in [4.69, 9.17) is 19.5 Å². The first-order valence-corrected chi connectivity index (χ1v) is 7.52. The Bertz CT molecular complexity index is 821. The largest absolute Gasteiger partial charge is 0.493 e. The van der Waals surface area contributed by atoms with E-state index in [0.717, 1.165) is 0 Å². The van der Waals surface area contributed by atoms with Gasteiger partial charge in [0.1, 0.15) is 5.75 Å². The average Bonchev–Trinajstić information content (AvgIpc) is 2.62. The first-order chi connectivity index (χ1) is 11.9. The van der Waals surface area contributed by atoms with Crippen LogP contribution in [0.3, 0.4) is 0 Å². The molecule has 25 heavy (non-hydrogen) atoms. The Kier molecular flexibility index (Phi) is 5.75. The Morgan fingerprint density at radius 1 is 1.08 bits per heavy atom. The van der Waals surface area contributed by atoms with Crippen LogP contribution in [0, 0.1) is 11.3 Å². The minimum atomic E-state index is -0.870. The third-order valence-corrected chi connectivity index (χ3v) is 3.41. The molecule has 2 rings (SSSR count). The van der Waals surface area contributed by atoms with Gasteiger partial charge >= 0.3 is 5.97 Å². The first kappa shape index (κ1) is 18.0. The topological polar surface area (TPSA) is 85.6 Å². The highest BCUT2D eigenvalue weighted by Crippen LogP contribution is 2.29. The van der Waals surface area contributed by atoms with Crippen molar-refractivity contribution in [3.63, 3.8) is 0 Å². The molecular weight excluding hydrogens is 322 g/mol. The molecular formula is C19H17NO5. The number of carbonyl (C=O) groups is 2. The summed E-state index contributed by atoms with van der Waals surface area (Å²) in [5, 5.41) is 8.77. The molecule has 6 heteroatoms. The Labute approximate surface area is 145 Å². The second-order valence-electron chi connectivity index (χ2n) is 5.24. The fourth-order valence-corrected chi connectivity index (χ4v) is 2.02. The van der Waals surface area contributed by atoms with Crippen LogP contribution in [0.25, 0.3) is 0 Å². The van der Waals surface area contributed by atoms with Crippen LogP contribution in [0.4, 0.5) is 0 Å². The number of benzene rings is 2. The maximum atomic E-state index is 12.2. The van der Waals surface area contributed by atoms with E-state index in [-0.39, 0.29) is 17.3 Å². The molecule has 6 nitrogen and oxygen atoms in total. The smallest absolute Gasteiger partial charge is 0.352 e. The lowest BCUT2D eigenvalue weighted by Gasteiger charge is -2.15. The van der Waals surface area contributed by atoms with Crippen molar-refractivity contribution in [2.45, 2.75) is 20.0 Å². The van der Waals surface area contributed by atoms with Crippen LogP contribution in [-0.2, 0) is 4.79 Å². The van der Waals surface area contributed by atoms with E-state index in [1.165, 1.54) is 26.2 Å². The van der Waals surface area contributed by atoms with Crippen molar-refractivity contribution in [1.82, 2.24) is 0 Å². The van der Waals surface area contributed by atoms with Crippen molar-refractivity contribution in [3.8, 4) is 23.3 Å². The number of hydrogen-bond donors (Lipinski definition) is 0. The highest BCUT2D eigenvalue weighted by molar-refractivity contribution is 5.94. The van der Waals surface area contributed by atoms with Gasteiger partial charge in [-0.2, -0.15) is 5.26 Å². The van der Waals surface area contributed by atoms with Crippen molar-refractivity contribution < 1.29 is 23.8 Å². The molecule has 0 aromatic heterocycles. The molecule has 0 radical (unpaired) electrons. The number of carbonyl (C=O) groups excluding carboxylic acids is 2. The molecule has 2 aromatic carbocycles. The third-order valence-electron chi connectivity index (χ3n) is 3.41. The number of esters is 1.